The van der Waals surface area contributed by atoms with Gasteiger partial charge in [0.15, 0.2) is 12.6 Å². The highest BCUT2D eigenvalue weighted by atomic mass is 19.1. The van der Waals surface area contributed by atoms with Gasteiger partial charge in [-0.3, -0.25) is 38.8 Å². The van der Waals surface area contributed by atoms with Gasteiger partial charge in [-0.15, -0.1) is 6.42 Å². The molecule has 3 aromatic heterocycles. The minimum atomic E-state index is -0.759. The van der Waals surface area contributed by atoms with Crippen molar-refractivity contribution in [1.29, 1.82) is 0 Å². The van der Waals surface area contributed by atoms with Gasteiger partial charge < -0.3 is 33.6 Å². The zero-order chi connectivity index (χ0) is 59.5. The lowest BCUT2D eigenvalue weighted by Gasteiger charge is -2.47. The number of nitrogens with one attached hydrogen (secondary N) is 1. The number of ether oxygens (including phenoxy) is 4. The number of fused-ring (bicyclic) bond motifs is 5. The van der Waals surface area contributed by atoms with Gasteiger partial charge in [-0.1, -0.05) is 12.0 Å². The third-order valence-electron chi connectivity index (χ3n) is 18.7. The van der Waals surface area contributed by atoms with Crippen molar-refractivity contribution in [1.82, 2.24) is 44.1 Å². The number of terminal acetylenes is 1. The van der Waals surface area contributed by atoms with E-state index in [1.807, 2.05) is 45.6 Å². The van der Waals surface area contributed by atoms with Gasteiger partial charge in [-0.05, 0) is 172 Å². The van der Waals surface area contributed by atoms with Crippen LogP contribution in [-0.2, 0) is 19.1 Å². The van der Waals surface area contributed by atoms with Gasteiger partial charge in [-0.2, -0.15) is 9.97 Å². The number of halogens is 2. The highest BCUT2D eigenvalue weighted by Gasteiger charge is 2.46. The third kappa shape index (κ3) is 11.5. The van der Waals surface area contributed by atoms with Crippen LogP contribution in [0.15, 0.2) is 53.5 Å². The van der Waals surface area contributed by atoms with E-state index in [4.69, 9.17) is 35.3 Å². The highest BCUT2D eigenvalue weighted by molar-refractivity contribution is 6.03. The summed E-state index contributed by atoms with van der Waals surface area (Å²) < 4.78 is 59.6. The first-order valence-electron chi connectivity index (χ1n) is 30.3. The Labute approximate surface area is 493 Å². The molecule has 21 heteroatoms. The number of aromatic nitrogens is 5. The Hall–Kier alpha value is -7.41. The van der Waals surface area contributed by atoms with Crippen molar-refractivity contribution in [2.75, 3.05) is 95.8 Å². The molecule has 3 atom stereocenters. The number of amides is 3. The van der Waals surface area contributed by atoms with Gasteiger partial charge >= 0.3 is 17.8 Å². The Balaban J connectivity index is 0.691. The number of methoxy groups -OCH3 is 1. The second-order valence-corrected chi connectivity index (χ2v) is 25.6. The fraction of sp³-hybridized carbons (Fsp3) is 0.547. The highest BCUT2D eigenvalue weighted by Crippen LogP contribution is 2.44. The molecule has 6 saturated heterocycles. The van der Waals surface area contributed by atoms with E-state index in [0.29, 0.717) is 70.6 Å². The molecular formula is C64H77F2N11O8. The SMILES string of the molecule is C#Cc1c(F)ccc2cc(OCOC)cc(-c3ncc4c(N5CC6CCC(C5)N6C(=O)OC(C)(C)C)nc(OCCN5CCC6(CC5)CCN(CC5CCN(c7ccc8c(c7)n(C(C)C)c(=O)n8C7CCC(=O)NC7=O)CC5)CC6)nc4c3F)c12. The lowest BCUT2D eigenvalue weighted by molar-refractivity contribution is -0.135. The zero-order valence-corrected chi connectivity index (χ0v) is 49.6. The topological polar surface area (TPSA) is 182 Å². The second-order valence-electron chi connectivity index (χ2n) is 25.6. The molecule has 19 nitrogen and oxygen atoms in total. The number of rotatable bonds is 14. The lowest BCUT2D eigenvalue weighted by atomic mass is 9.71. The molecule has 3 unspecified atom stereocenters. The maximum atomic E-state index is 17.6. The Kier molecular flexibility index (Phi) is 16.0. The van der Waals surface area contributed by atoms with E-state index in [2.05, 4.69) is 48.0 Å². The Morgan fingerprint density at radius 3 is 2.25 bits per heavy atom. The van der Waals surface area contributed by atoms with Crippen molar-refractivity contribution in [3.8, 4) is 35.4 Å². The molecule has 3 aromatic carbocycles. The largest absolute Gasteiger partial charge is 0.468 e. The van der Waals surface area contributed by atoms with E-state index >= 15 is 8.78 Å². The minimum absolute atomic E-state index is 0.0170. The van der Waals surface area contributed by atoms with E-state index in [9.17, 15) is 19.2 Å². The number of benzene rings is 3. The number of anilines is 2. The summed E-state index contributed by atoms with van der Waals surface area (Å²) in [5.41, 5.74) is 2.10. The predicted octanol–water partition coefficient (Wildman–Crippen LogP) is 8.82. The molecule has 12 rings (SSSR count). The molecule has 0 aliphatic carbocycles. The normalized spacial score (nSPS) is 21.6. The summed E-state index contributed by atoms with van der Waals surface area (Å²) in [6.45, 7) is 18.3. The number of carbonyl (C=O) groups is 3. The van der Waals surface area contributed by atoms with Gasteiger partial charge in [0.25, 0.3) is 0 Å². The Bertz CT molecular complexity index is 3650. The van der Waals surface area contributed by atoms with Crippen LogP contribution in [0.3, 0.4) is 0 Å². The molecule has 1 N–H and O–H groups in total. The number of piperidine rings is 4. The summed E-state index contributed by atoms with van der Waals surface area (Å²) in [4.78, 5) is 78.0. The molecule has 9 heterocycles. The molecule has 2 bridgehead atoms. The first-order chi connectivity index (χ1) is 40.9. The van der Waals surface area contributed by atoms with Crippen molar-refractivity contribution in [2.24, 2.45) is 11.3 Å². The van der Waals surface area contributed by atoms with E-state index in [1.165, 1.54) is 26.0 Å². The summed E-state index contributed by atoms with van der Waals surface area (Å²) in [6.07, 6.45) is 15.9. The van der Waals surface area contributed by atoms with E-state index < -0.39 is 29.2 Å². The first kappa shape index (κ1) is 58.0. The van der Waals surface area contributed by atoms with Crippen LogP contribution < -0.4 is 30.3 Å². The maximum absolute atomic E-state index is 17.6. The van der Waals surface area contributed by atoms with Crippen LogP contribution in [0.4, 0.5) is 25.1 Å². The molecule has 6 aliphatic rings. The fourth-order valence-corrected chi connectivity index (χ4v) is 14.3. The van der Waals surface area contributed by atoms with Crippen LogP contribution in [0, 0.1) is 35.3 Å². The van der Waals surface area contributed by atoms with Crippen molar-refractivity contribution in [3.05, 3.63) is 76.3 Å². The number of likely N-dealkylation sites (tertiary alicyclic amines) is 2. The summed E-state index contributed by atoms with van der Waals surface area (Å²) >= 11 is 0. The number of imide groups is 1. The van der Waals surface area contributed by atoms with Crippen molar-refractivity contribution in [3.63, 3.8) is 0 Å². The quantitative estimate of drug-likeness (QED) is 0.0620. The molecule has 0 saturated carbocycles. The van der Waals surface area contributed by atoms with Gasteiger partial charge in [-0.25, -0.2) is 18.4 Å². The molecule has 1 spiro atoms. The van der Waals surface area contributed by atoms with E-state index in [0.717, 1.165) is 95.5 Å². The molecule has 85 heavy (non-hydrogen) atoms. The lowest BCUT2D eigenvalue weighted by Crippen LogP contribution is -2.57. The van der Waals surface area contributed by atoms with Crippen LogP contribution >= 0.6 is 0 Å². The van der Waals surface area contributed by atoms with Crippen molar-refractivity contribution < 1.29 is 42.1 Å². The standard InChI is InChI=1S/C64H77F2N11O8/c1-8-46-49(65)13-9-41-31-45(84-38-82-7)33-47(54(41)46)56-55(66)57-48(34-67-56)58(74-36-43-10-11-44(37-74)76(43)62(81)85-63(4,5)6)70-60(69-57)83-30-29-71-25-19-64(20-26-71)21-27-72(28-22-64)35-40-17-23-73(24-18-40)42-12-14-50-52(32-42)75(39(2)3)61(80)77(50)51-15-16-53(78)68-59(51)79/h1,9,12-14,31-34,39-40,43-44,51H,10-11,15-30,35-38H2,2-7H3,(H,68,78,79). The monoisotopic (exact) mass is 1170 g/mol. The number of hydrogen-bond acceptors (Lipinski definition) is 15. The Morgan fingerprint density at radius 1 is 0.859 bits per heavy atom. The molecule has 0 radical (unpaired) electrons. The third-order valence-corrected chi connectivity index (χ3v) is 18.7. The molecule has 6 fully saturated rings. The number of carbonyl (C=O) groups excluding carboxylic acids is 3. The smallest absolute Gasteiger partial charge is 0.410 e. The molecule has 450 valence electrons. The van der Waals surface area contributed by atoms with Crippen LogP contribution in [-0.4, -0.2) is 160 Å². The van der Waals surface area contributed by atoms with Crippen LogP contribution in [0.2, 0.25) is 0 Å². The predicted molar refractivity (Wildman–Crippen MR) is 320 cm³/mol. The number of imidazole rings is 1. The summed E-state index contributed by atoms with van der Waals surface area (Å²) in [5, 5.41) is 3.62. The van der Waals surface area contributed by atoms with Crippen molar-refractivity contribution >= 4 is 62.1 Å². The first-order valence-corrected chi connectivity index (χ1v) is 30.3. The van der Waals surface area contributed by atoms with E-state index in [-0.39, 0.29) is 84.0 Å². The number of pyridine rings is 1. The number of nitrogens with zero attached hydrogens (tertiary/aromatic N) is 10. The summed E-state index contributed by atoms with van der Waals surface area (Å²) in [7, 11) is 1.49. The van der Waals surface area contributed by atoms with Crippen LogP contribution in [0.5, 0.6) is 11.8 Å². The molecule has 3 amide bonds. The van der Waals surface area contributed by atoms with Gasteiger partial charge in [0.1, 0.15) is 46.8 Å². The van der Waals surface area contributed by atoms with Crippen LogP contribution in [0.1, 0.15) is 116 Å². The fourth-order valence-electron chi connectivity index (χ4n) is 14.3. The summed E-state index contributed by atoms with van der Waals surface area (Å²) in [5.74, 6) is 1.75. The van der Waals surface area contributed by atoms with Gasteiger partial charge in [0, 0.05) is 81.7 Å². The minimum Gasteiger partial charge on any atom is -0.468 e. The molecular weight excluding hydrogens is 1090 g/mol. The van der Waals surface area contributed by atoms with Gasteiger partial charge in [0.05, 0.1) is 34.1 Å². The second kappa shape index (κ2) is 23.5. The molecule has 6 aliphatic heterocycles. The van der Waals surface area contributed by atoms with Crippen molar-refractivity contribution in [2.45, 2.75) is 129 Å². The number of hydrogen-bond donors (Lipinski definition) is 1. The maximum Gasteiger partial charge on any atom is 0.410 e. The Morgan fingerprint density at radius 2 is 1.58 bits per heavy atom. The van der Waals surface area contributed by atoms with Gasteiger partial charge in [0.2, 0.25) is 11.8 Å². The average molecular weight is 1170 g/mol. The number of piperazine rings is 1. The molecule has 6 aromatic rings. The zero-order valence-electron chi connectivity index (χ0n) is 49.6. The average Bonchev–Trinajstić information content (AvgIpc) is 2.13. The summed E-state index contributed by atoms with van der Waals surface area (Å²) in [6, 6.07) is 11.1. The van der Waals surface area contributed by atoms with E-state index in [1.54, 1.807) is 33.5 Å². The van der Waals surface area contributed by atoms with Crippen LogP contribution in [0.25, 0.3) is 44.0 Å².